The molecular formula is C19H23NO5S. The lowest BCUT2D eigenvalue weighted by Crippen LogP contribution is -2.10. The van der Waals surface area contributed by atoms with Crippen molar-refractivity contribution >= 4 is 21.5 Å². The van der Waals surface area contributed by atoms with Gasteiger partial charge in [-0.3, -0.25) is 0 Å². The normalized spacial score (nSPS) is 11.2. The van der Waals surface area contributed by atoms with Gasteiger partial charge in [-0.15, -0.1) is 0 Å². The molecule has 140 valence electrons. The summed E-state index contributed by atoms with van der Waals surface area (Å²) in [6, 6.07) is 11.3. The fourth-order valence-corrected chi connectivity index (χ4v) is 3.27. The van der Waals surface area contributed by atoms with Crippen molar-refractivity contribution in [1.82, 2.24) is 0 Å². The molecule has 0 radical (unpaired) electrons. The lowest BCUT2D eigenvalue weighted by molar-refractivity contribution is 0.0696. The monoisotopic (exact) mass is 377 g/mol. The Labute approximate surface area is 153 Å². The van der Waals surface area contributed by atoms with E-state index in [9.17, 15) is 18.3 Å². The number of aromatic carboxylic acids is 1. The molecule has 0 fully saturated rings. The quantitative estimate of drug-likeness (QED) is 0.637. The largest absolute Gasteiger partial charge is 0.478 e. The average Bonchev–Trinajstić information content (AvgIpc) is 2.59. The van der Waals surface area contributed by atoms with E-state index in [0.717, 1.165) is 31.6 Å². The molecule has 0 heterocycles. The number of carboxylic acid groups (broad SMARTS) is 1. The van der Waals surface area contributed by atoms with Gasteiger partial charge in [0.15, 0.2) is 15.6 Å². The molecule has 2 N–H and O–H groups in total. The third-order valence-electron chi connectivity index (χ3n) is 3.76. The van der Waals surface area contributed by atoms with Crippen molar-refractivity contribution in [2.45, 2.75) is 31.1 Å². The minimum absolute atomic E-state index is 0.108. The van der Waals surface area contributed by atoms with E-state index in [4.69, 9.17) is 4.74 Å². The second-order valence-corrected chi connectivity index (χ2v) is 7.96. The molecule has 0 amide bonds. The minimum atomic E-state index is -3.70. The van der Waals surface area contributed by atoms with Crippen molar-refractivity contribution in [2.24, 2.45) is 0 Å². The number of sulfone groups is 1. The first-order valence-electron chi connectivity index (χ1n) is 8.41. The molecule has 0 aromatic heterocycles. The number of para-hydroxylation sites is 1. The molecule has 0 bridgehead atoms. The number of rotatable bonds is 9. The van der Waals surface area contributed by atoms with E-state index < -0.39 is 15.8 Å². The Bertz CT molecular complexity index is 863. The number of carboxylic acids is 1. The zero-order chi connectivity index (χ0) is 19.2. The second kappa shape index (κ2) is 8.71. The molecule has 0 aliphatic heterocycles. The van der Waals surface area contributed by atoms with Gasteiger partial charge in [0.1, 0.15) is 10.6 Å². The van der Waals surface area contributed by atoms with Gasteiger partial charge in [0, 0.05) is 12.8 Å². The summed E-state index contributed by atoms with van der Waals surface area (Å²) in [6.07, 6.45) is 3.97. The van der Waals surface area contributed by atoms with Gasteiger partial charge < -0.3 is 15.2 Å². The summed E-state index contributed by atoms with van der Waals surface area (Å²) < 4.78 is 30.3. The third-order valence-corrected chi connectivity index (χ3v) is 4.86. The molecule has 0 saturated carbocycles. The molecule has 0 unspecified atom stereocenters. The number of carbonyl (C=O) groups is 1. The van der Waals surface area contributed by atoms with Gasteiger partial charge in [-0.2, -0.15) is 0 Å². The first kappa shape index (κ1) is 19.8. The fraction of sp³-hybridized carbons (Fsp3) is 0.316. The van der Waals surface area contributed by atoms with Gasteiger partial charge >= 0.3 is 5.97 Å². The zero-order valence-corrected chi connectivity index (χ0v) is 15.7. The van der Waals surface area contributed by atoms with Crippen LogP contribution < -0.4 is 10.1 Å². The van der Waals surface area contributed by atoms with Crippen LogP contribution >= 0.6 is 0 Å². The van der Waals surface area contributed by atoms with Crippen LogP contribution in [0.3, 0.4) is 0 Å². The van der Waals surface area contributed by atoms with Crippen LogP contribution in [-0.4, -0.2) is 32.3 Å². The fourth-order valence-electron chi connectivity index (χ4n) is 2.44. The molecule has 0 aliphatic carbocycles. The van der Waals surface area contributed by atoms with Crippen molar-refractivity contribution in [3.05, 3.63) is 48.0 Å². The standard InChI is InChI=1S/C19H23NO5S/c1-3-4-8-11-20-16-12-14(19(21)22)13-17(26(2,23)24)18(16)25-15-9-6-5-7-10-15/h5-7,9-10,12-13,20H,3-4,8,11H2,1-2H3,(H,21,22). The zero-order valence-electron chi connectivity index (χ0n) is 14.9. The molecular weight excluding hydrogens is 354 g/mol. The number of anilines is 1. The minimum Gasteiger partial charge on any atom is -0.478 e. The highest BCUT2D eigenvalue weighted by molar-refractivity contribution is 7.90. The highest BCUT2D eigenvalue weighted by Crippen LogP contribution is 2.37. The van der Waals surface area contributed by atoms with Gasteiger partial charge in [-0.1, -0.05) is 38.0 Å². The molecule has 0 atom stereocenters. The number of nitrogens with one attached hydrogen (secondary N) is 1. The molecule has 2 rings (SSSR count). The lowest BCUT2D eigenvalue weighted by atomic mass is 10.1. The Kier molecular flexibility index (Phi) is 6.63. The SMILES string of the molecule is CCCCCNc1cc(C(=O)O)cc(S(C)(=O)=O)c1Oc1ccccc1. The van der Waals surface area contributed by atoms with Gasteiger partial charge in [-0.05, 0) is 30.7 Å². The summed E-state index contributed by atoms with van der Waals surface area (Å²) in [5, 5.41) is 12.4. The van der Waals surface area contributed by atoms with Gasteiger partial charge in [0.25, 0.3) is 0 Å². The Balaban J connectivity index is 2.53. The summed E-state index contributed by atoms with van der Waals surface area (Å²) >= 11 is 0. The number of benzene rings is 2. The Hall–Kier alpha value is -2.54. The van der Waals surface area contributed by atoms with Crippen molar-refractivity contribution < 1.29 is 23.1 Å². The molecule has 26 heavy (non-hydrogen) atoms. The van der Waals surface area contributed by atoms with Crippen LogP contribution in [0.5, 0.6) is 11.5 Å². The predicted molar refractivity (Wildman–Crippen MR) is 101 cm³/mol. The number of unbranched alkanes of at least 4 members (excludes halogenated alkanes) is 2. The van der Waals surface area contributed by atoms with E-state index in [1.165, 1.54) is 6.07 Å². The van der Waals surface area contributed by atoms with Crippen LogP contribution in [0.1, 0.15) is 36.5 Å². The lowest BCUT2D eigenvalue weighted by Gasteiger charge is -2.17. The number of hydrogen-bond donors (Lipinski definition) is 2. The van der Waals surface area contributed by atoms with Crippen LogP contribution in [0.4, 0.5) is 5.69 Å². The highest BCUT2D eigenvalue weighted by atomic mass is 32.2. The van der Waals surface area contributed by atoms with Crippen molar-refractivity contribution in [3.8, 4) is 11.5 Å². The summed E-state index contributed by atoms with van der Waals surface area (Å²) in [4.78, 5) is 11.3. The van der Waals surface area contributed by atoms with Gasteiger partial charge in [0.05, 0.1) is 11.3 Å². The summed E-state index contributed by atoms with van der Waals surface area (Å²) in [5.41, 5.74) is 0.245. The van der Waals surface area contributed by atoms with Crippen LogP contribution in [0.2, 0.25) is 0 Å². The van der Waals surface area contributed by atoms with E-state index in [0.29, 0.717) is 18.0 Å². The smallest absolute Gasteiger partial charge is 0.335 e. The Morgan fingerprint density at radius 2 is 1.85 bits per heavy atom. The van der Waals surface area contributed by atoms with Crippen LogP contribution in [0.15, 0.2) is 47.4 Å². The maximum absolute atomic E-state index is 12.2. The van der Waals surface area contributed by atoms with Crippen molar-refractivity contribution in [3.63, 3.8) is 0 Å². The summed E-state index contributed by atoms with van der Waals surface area (Å²) in [5.74, 6) is -0.616. The van der Waals surface area contributed by atoms with E-state index >= 15 is 0 Å². The van der Waals surface area contributed by atoms with Crippen LogP contribution in [0, 0.1) is 0 Å². The predicted octanol–water partition coefficient (Wildman–Crippen LogP) is 4.18. The molecule has 0 spiro atoms. The maximum atomic E-state index is 12.2. The van der Waals surface area contributed by atoms with E-state index in [1.54, 1.807) is 24.3 Å². The first-order valence-corrected chi connectivity index (χ1v) is 10.3. The highest BCUT2D eigenvalue weighted by Gasteiger charge is 2.22. The van der Waals surface area contributed by atoms with Crippen molar-refractivity contribution in [2.75, 3.05) is 18.1 Å². The average molecular weight is 377 g/mol. The van der Waals surface area contributed by atoms with E-state index in [1.807, 2.05) is 6.07 Å². The van der Waals surface area contributed by atoms with Crippen LogP contribution in [0.25, 0.3) is 0 Å². The summed E-state index contributed by atoms with van der Waals surface area (Å²) in [7, 11) is -3.70. The van der Waals surface area contributed by atoms with Gasteiger partial charge in [-0.25, -0.2) is 13.2 Å². The molecule has 2 aromatic carbocycles. The second-order valence-electron chi connectivity index (χ2n) is 5.98. The van der Waals surface area contributed by atoms with Gasteiger partial charge in [0.2, 0.25) is 0 Å². The summed E-state index contributed by atoms with van der Waals surface area (Å²) in [6.45, 7) is 2.67. The molecule has 0 aliphatic rings. The Morgan fingerprint density at radius 1 is 1.15 bits per heavy atom. The van der Waals surface area contributed by atoms with Crippen molar-refractivity contribution in [1.29, 1.82) is 0 Å². The molecule has 7 heteroatoms. The van der Waals surface area contributed by atoms with E-state index in [-0.39, 0.29) is 16.2 Å². The third kappa shape index (κ3) is 5.23. The number of ether oxygens (including phenoxy) is 1. The topological polar surface area (TPSA) is 92.7 Å². The number of hydrogen-bond acceptors (Lipinski definition) is 5. The maximum Gasteiger partial charge on any atom is 0.335 e. The molecule has 2 aromatic rings. The first-order chi connectivity index (χ1) is 12.3. The van der Waals surface area contributed by atoms with E-state index in [2.05, 4.69) is 12.2 Å². The van der Waals surface area contributed by atoms with Crippen LogP contribution in [-0.2, 0) is 9.84 Å². The molecule has 6 nitrogen and oxygen atoms in total. The molecule has 0 saturated heterocycles. The Morgan fingerprint density at radius 3 is 2.42 bits per heavy atom.